The van der Waals surface area contributed by atoms with Gasteiger partial charge in [-0.15, -0.1) is 0 Å². The van der Waals surface area contributed by atoms with Crippen LogP contribution in [0.2, 0.25) is 0 Å². The Morgan fingerprint density at radius 2 is 2.00 bits per heavy atom. The Bertz CT molecular complexity index is 614. The molecule has 0 saturated heterocycles. The van der Waals surface area contributed by atoms with Gasteiger partial charge in [0.2, 0.25) is 10.0 Å². The lowest BCUT2D eigenvalue weighted by molar-refractivity contribution is 0.0792. The Hall–Kier alpha value is -0.920. The van der Waals surface area contributed by atoms with Gasteiger partial charge in [-0.05, 0) is 31.0 Å². The van der Waals surface area contributed by atoms with Gasteiger partial charge in [0.25, 0.3) is 5.91 Å². The Labute approximate surface area is 128 Å². The minimum Gasteiger partial charge on any atom is -0.342 e. The molecule has 0 aromatic heterocycles. The Balaban J connectivity index is 3.24. The van der Waals surface area contributed by atoms with E-state index < -0.39 is 10.0 Å². The summed E-state index contributed by atoms with van der Waals surface area (Å²) in [6.07, 6.45) is 1.88. The molecule has 1 amide bonds. The number of halogens is 1. The van der Waals surface area contributed by atoms with Crippen molar-refractivity contribution in [1.29, 1.82) is 0 Å². The van der Waals surface area contributed by atoms with Crippen LogP contribution in [-0.4, -0.2) is 32.8 Å². The van der Waals surface area contributed by atoms with E-state index in [4.69, 9.17) is 5.14 Å². The highest BCUT2D eigenvalue weighted by Crippen LogP contribution is 2.25. The summed E-state index contributed by atoms with van der Waals surface area (Å²) in [5.74, 6) is -0.206. The molecule has 0 heterocycles. The van der Waals surface area contributed by atoms with E-state index in [1.807, 2.05) is 6.92 Å². The van der Waals surface area contributed by atoms with Crippen LogP contribution < -0.4 is 5.14 Å². The van der Waals surface area contributed by atoms with Crippen LogP contribution in [0.3, 0.4) is 0 Å². The van der Waals surface area contributed by atoms with E-state index >= 15 is 0 Å². The van der Waals surface area contributed by atoms with Crippen molar-refractivity contribution >= 4 is 31.9 Å². The molecule has 112 valence electrons. The standard InChI is InChI=1S/C13H19BrN2O3S/c1-4-5-6-16(3)13(17)11-7-10(20(15,18)19)8-12(14)9(11)2/h7-8H,4-6H2,1-3H3,(H2,15,18,19). The predicted octanol–water partition coefficient (Wildman–Crippen LogP) is 2.28. The number of nitrogens with two attached hydrogens (primary N) is 1. The molecule has 2 N–H and O–H groups in total. The molecular weight excluding hydrogens is 344 g/mol. The summed E-state index contributed by atoms with van der Waals surface area (Å²) in [7, 11) is -2.14. The maximum absolute atomic E-state index is 12.4. The Kier molecular flexibility index (Phi) is 5.73. The molecular formula is C13H19BrN2O3S. The van der Waals surface area contributed by atoms with Gasteiger partial charge in [0.15, 0.2) is 0 Å². The first-order valence-corrected chi connectivity index (χ1v) is 8.60. The van der Waals surface area contributed by atoms with Crippen LogP contribution >= 0.6 is 15.9 Å². The van der Waals surface area contributed by atoms with E-state index in [9.17, 15) is 13.2 Å². The van der Waals surface area contributed by atoms with Crippen molar-refractivity contribution < 1.29 is 13.2 Å². The second-order valence-electron chi connectivity index (χ2n) is 4.70. The summed E-state index contributed by atoms with van der Waals surface area (Å²) in [4.78, 5) is 13.9. The SMILES string of the molecule is CCCCN(C)C(=O)c1cc(S(N)(=O)=O)cc(Br)c1C. The average Bonchev–Trinajstić information content (AvgIpc) is 2.36. The number of unbranched alkanes of at least 4 members (excludes halogenated alkanes) is 1. The largest absolute Gasteiger partial charge is 0.342 e. The highest BCUT2D eigenvalue weighted by atomic mass is 79.9. The fourth-order valence-electron chi connectivity index (χ4n) is 1.74. The lowest BCUT2D eigenvalue weighted by Crippen LogP contribution is -2.28. The quantitative estimate of drug-likeness (QED) is 0.872. The Morgan fingerprint density at radius 1 is 1.40 bits per heavy atom. The van der Waals surface area contributed by atoms with E-state index in [1.165, 1.54) is 12.1 Å². The van der Waals surface area contributed by atoms with Crippen molar-refractivity contribution in [2.75, 3.05) is 13.6 Å². The minimum atomic E-state index is -3.84. The van der Waals surface area contributed by atoms with Crippen LogP contribution in [0, 0.1) is 6.92 Å². The van der Waals surface area contributed by atoms with Crippen molar-refractivity contribution in [3.8, 4) is 0 Å². The normalized spacial score (nSPS) is 11.4. The van der Waals surface area contributed by atoms with Crippen LogP contribution in [0.5, 0.6) is 0 Å². The topological polar surface area (TPSA) is 80.5 Å². The van der Waals surface area contributed by atoms with Crippen LogP contribution in [0.4, 0.5) is 0 Å². The second kappa shape index (κ2) is 6.69. The van der Waals surface area contributed by atoms with Crippen LogP contribution in [-0.2, 0) is 10.0 Å². The molecule has 0 radical (unpaired) electrons. The summed E-state index contributed by atoms with van der Waals surface area (Å²) < 4.78 is 23.4. The fraction of sp³-hybridized carbons (Fsp3) is 0.462. The van der Waals surface area contributed by atoms with Crippen molar-refractivity contribution in [2.45, 2.75) is 31.6 Å². The smallest absolute Gasteiger partial charge is 0.253 e. The third-order valence-corrected chi connectivity index (χ3v) is 4.79. The Morgan fingerprint density at radius 3 is 2.50 bits per heavy atom. The van der Waals surface area contributed by atoms with Gasteiger partial charge in [-0.1, -0.05) is 29.3 Å². The highest BCUT2D eigenvalue weighted by molar-refractivity contribution is 9.10. The van der Waals surface area contributed by atoms with Crippen LogP contribution in [0.15, 0.2) is 21.5 Å². The molecule has 0 aliphatic rings. The number of sulfonamides is 1. The zero-order chi connectivity index (χ0) is 15.5. The van der Waals surface area contributed by atoms with Gasteiger partial charge in [0.1, 0.15) is 0 Å². The molecule has 0 fully saturated rings. The number of primary sulfonamides is 1. The lowest BCUT2D eigenvalue weighted by Gasteiger charge is -2.19. The zero-order valence-corrected chi connectivity index (χ0v) is 14.2. The average molecular weight is 363 g/mol. The summed E-state index contributed by atoms with van der Waals surface area (Å²) in [5, 5.41) is 5.13. The molecule has 20 heavy (non-hydrogen) atoms. The summed E-state index contributed by atoms with van der Waals surface area (Å²) in [5.41, 5.74) is 1.05. The van der Waals surface area contributed by atoms with Crippen LogP contribution in [0.1, 0.15) is 35.7 Å². The molecule has 0 saturated carbocycles. The second-order valence-corrected chi connectivity index (χ2v) is 7.12. The number of hydrogen-bond acceptors (Lipinski definition) is 3. The molecule has 0 bridgehead atoms. The summed E-state index contributed by atoms with van der Waals surface area (Å²) in [6, 6.07) is 2.74. The first kappa shape index (κ1) is 17.1. The number of hydrogen-bond donors (Lipinski definition) is 1. The van der Waals surface area contributed by atoms with Gasteiger partial charge < -0.3 is 4.90 Å². The molecule has 1 aromatic rings. The molecule has 1 rings (SSSR count). The molecule has 0 aliphatic heterocycles. The number of nitrogens with zero attached hydrogens (tertiary/aromatic N) is 1. The van der Waals surface area contributed by atoms with Crippen molar-refractivity contribution in [2.24, 2.45) is 5.14 Å². The van der Waals surface area contributed by atoms with Gasteiger partial charge in [-0.25, -0.2) is 13.6 Å². The van der Waals surface area contributed by atoms with E-state index in [0.717, 1.165) is 12.8 Å². The molecule has 5 nitrogen and oxygen atoms in total. The van der Waals surface area contributed by atoms with Gasteiger partial charge in [-0.3, -0.25) is 4.79 Å². The van der Waals surface area contributed by atoms with Crippen molar-refractivity contribution in [3.05, 3.63) is 27.7 Å². The first-order valence-electron chi connectivity index (χ1n) is 6.27. The maximum atomic E-state index is 12.4. The number of carbonyl (C=O) groups is 1. The molecule has 1 aromatic carbocycles. The van der Waals surface area contributed by atoms with E-state index in [2.05, 4.69) is 15.9 Å². The zero-order valence-electron chi connectivity index (χ0n) is 11.8. The molecule has 7 heteroatoms. The maximum Gasteiger partial charge on any atom is 0.253 e. The third kappa shape index (κ3) is 4.04. The summed E-state index contributed by atoms with van der Waals surface area (Å²) >= 11 is 3.27. The van der Waals surface area contributed by atoms with Gasteiger partial charge in [-0.2, -0.15) is 0 Å². The molecule has 0 atom stereocenters. The van der Waals surface area contributed by atoms with E-state index in [-0.39, 0.29) is 10.8 Å². The third-order valence-electron chi connectivity index (χ3n) is 3.07. The predicted molar refractivity (Wildman–Crippen MR) is 82.1 cm³/mol. The number of amides is 1. The minimum absolute atomic E-state index is 0.0674. The van der Waals surface area contributed by atoms with Gasteiger partial charge in [0, 0.05) is 23.6 Å². The number of benzene rings is 1. The van der Waals surface area contributed by atoms with Crippen LogP contribution in [0.25, 0.3) is 0 Å². The van der Waals surface area contributed by atoms with Gasteiger partial charge in [0.05, 0.1) is 4.90 Å². The van der Waals surface area contributed by atoms with E-state index in [0.29, 0.717) is 22.1 Å². The molecule has 0 spiro atoms. The fourth-order valence-corrected chi connectivity index (χ4v) is 2.92. The first-order chi connectivity index (χ1) is 9.18. The number of rotatable bonds is 5. The number of carbonyl (C=O) groups excluding carboxylic acids is 1. The molecule has 0 unspecified atom stereocenters. The summed E-state index contributed by atoms with van der Waals surface area (Å²) in [6.45, 7) is 4.44. The van der Waals surface area contributed by atoms with Gasteiger partial charge >= 0.3 is 0 Å². The molecule has 0 aliphatic carbocycles. The lowest BCUT2D eigenvalue weighted by atomic mass is 10.1. The van der Waals surface area contributed by atoms with Crippen molar-refractivity contribution in [1.82, 2.24) is 4.90 Å². The van der Waals surface area contributed by atoms with E-state index in [1.54, 1.807) is 18.9 Å². The van der Waals surface area contributed by atoms with Crippen molar-refractivity contribution in [3.63, 3.8) is 0 Å². The monoisotopic (exact) mass is 362 g/mol. The highest BCUT2D eigenvalue weighted by Gasteiger charge is 2.19.